The molecule has 15 heavy (non-hydrogen) atoms. The van der Waals surface area contributed by atoms with E-state index in [9.17, 15) is 9.59 Å². The van der Waals surface area contributed by atoms with Crippen LogP contribution in [0.4, 0.5) is 0 Å². The van der Waals surface area contributed by atoms with Crippen LogP contribution >= 0.6 is 11.3 Å². The van der Waals surface area contributed by atoms with Crippen LogP contribution in [0.25, 0.3) is 0 Å². The number of H-pyrrole nitrogens is 1. The van der Waals surface area contributed by atoms with Gasteiger partial charge in [0.05, 0.1) is 13.2 Å². The average Bonchev–Trinajstić information content (AvgIpc) is 2.61. The third-order valence-corrected chi connectivity index (χ3v) is 2.43. The van der Waals surface area contributed by atoms with E-state index in [1.54, 1.807) is 5.38 Å². The van der Waals surface area contributed by atoms with Gasteiger partial charge >= 0.3 is 4.87 Å². The Labute approximate surface area is 90.4 Å². The molecule has 0 saturated heterocycles. The van der Waals surface area contributed by atoms with E-state index in [0.717, 1.165) is 11.3 Å². The molecule has 1 aromatic rings. The van der Waals surface area contributed by atoms with Gasteiger partial charge in [0.1, 0.15) is 6.04 Å². The molecule has 1 unspecified atom stereocenters. The van der Waals surface area contributed by atoms with Crippen LogP contribution in [0.3, 0.4) is 0 Å². The molecule has 0 fully saturated rings. The first-order valence-electron chi connectivity index (χ1n) is 4.32. The highest BCUT2D eigenvalue weighted by atomic mass is 32.1. The maximum absolute atomic E-state index is 11.3. The first kappa shape index (κ1) is 11.9. The number of rotatable bonds is 5. The van der Waals surface area contributed by atoms with Crippen LogP contribution in [0.1, 0.15) is 5.69 Å². The predicted octanol–water partition coefficient (Wildman–Crippen LogP) is -0.974. The number of amides is 1. The van der Waals surface area contributed by atoms with Gasteiger partial charge in [0.15, 0.2) is 0 Å². The van der Waals surface area contributed by atoms with Gasteiger partial charge in [-0.25, -0.2) is 0 Å². The highest BCUT2D eigenvalue weighted by molar-refractivity contribution is 7.07. The van der Waals surface area contributed by atoms with Crippen molar-refractivity contribution >= 4 is 17.2 Å². The zero-order valence-electron chi connectivity index (χ0n) is 8.28. The van der Waals surface area contributed by atoms with E-state index in [2.05, 4.69) is 10.3 Å². The molecule has 0 spiro atoms. The minimum Gasteiger partial charge on any atom is -0.383 e. The molecule has 1 amide bonds. The molecule has 0 aliphatic heterocycles. The van der Waals surface area contributed by atoms with Gasteiger partial charge < -0.3 is 20.8 Å². The molecule has 0 radical (unpaired) electrons. The fraction of sp³-hybridized carbons (Fsp3) is 0.500. The Morgan fingerprint density at radius 2 is 2.53 bits per heavy atom. The summed E-state index contributed by atoms with van der Waals surface area (Å²) >= 11 is 1.06. The first-order valence-corrected chi connectivity index (χ1v) is 5.20. The van der Waals surface area contributed by atoms with Crippen LogP contribution in [0.2, 0.25) is 0 Å². The van der Waals surface area contributed by atoms with Gasteiger partial charge in [-0.15, -0.1) is 0 Å². The predicted molar refractivity (Wildman–Crippen MR) is 56.6 cm³/mol. The Morgan fingerprint density at radius 3 is 3.07 bits per heavy atom. The molecular weight excluding hydrogens is 218 g/mol. The second-order valence-corrected chi connectivity index (χ2v) is 3.80. The van der Waals surface area contributed by atoms with Crippen LogP contribution in [0.15, 0.2) is 10.2 Å². The fourth-order valence-corrected chi connectivity index (χ4v) is 1.55. The van der Waals surface area contributed by atoms with E-state index in [4.69, 9.17) is 10.5 Å². The van der Waals surface area contributed by atoms with Crippen LogP contribution in [-0.4, -0.2) is 30.6 Å². The summed E-state index contributed by atoms with van der Waals surface area (Å²) in [5, 5.41) is 4.25. The molecule has 0 bridgehead atoms. The molecule has 4 N–H and O–H groups in total. The molecular formula is C8H13N3O3S. The van der Waals surface area contributed by atoms with Gasteiger partial charge in [-0.2, -0.15) is 0 Å². The summed E-state index contributed by atoms with van der Waals surface area (Å²) in [6, 6.07) is -0.680. The number of aromatic nitrogens is 1. The summed E-state index contributed by atoms with van der Waals surface area (Å²) in [6.07, 6.45) is 0. The number of ether oxygens (including phenoxy) is 1. The van der Waals surface area contributed by atoms with Crippen molar-refractivity contribution in [2.24, 2.45) is 5.73 Å². The van der Waals surface area contributed by atoms with Gasteiger partial charge in [-0.1, -0.05) is 11.3 Å². The van der Waals surface area contributed by atoms with Crippen LogP contribution in [-0.2, 0) is 16.1 Å². The molecule has 0 aliphatic rings. The average molecular weight is 231 g/mol. The van der Waals surface area contributed by atoms with Crippen LogP contribution in [0.5, 0.6) is 0 Å². The highest BCUT2D eigenvalue weighted by Gasteiger charge is 2.12. The lowest BCUT2D eigenvalue weighted by molar-refractivity contribution is -0.123. The van der Waals surface area contributed by atoms with Gasteiger partial charge in [-0.3, -0.25) is 9.59 Å². The van der Waals surface area contributed by atoms with Crippen molar-refractivity contribution in [2.45, 2.75) is 12.6 Å². The quantitative estimate of drug-likeness (QED) is 0.607. The highest BCUT2D eigenvalue weighted by Crippen LogP contribution is 1.94. The van der Waals surface area contributed by atoms with Gasteiger partial charge in [0, 0.05) is 18.2 Å². The minimum atomic E-state index is -0.680. The van der Waals surface area contributed by atoms with Crippen molar-refractivity contribution in [1.29, 1.82) is 0 Å². The number of hydrogen-bond acceptors (Lipinski definition) is 5. The van der Waals surface area contributed by atoms with Crippen LogP contribution < -0.4 is 15.9 Å². The van der Waals surface area contributed by atoms with Crippen LogP contribution in [0, 0.1) is 0 Å². The molecule has 1 aromatic heterocycles. The third-order valence-electron chi connectivity index (χ3n) is 1.71. The second-order valence-electron chi connectivity index (χ2n) is 2.95. The van der Waals surface area contributed by atoms with Crippen molar-refractivity contribution in [3.8, 4) is 0 Å². The van der Waals surface area contributed by atoms with Crippen molar-refractivity contribution in [1.82, 2.24) is 10.3 Å². The maximum Gasteiger partial charge on any atom is 0.304 e. The Bertz CT molecular complexity index is 373. The molecule has 0 aromatic carbocycles. The van der Waals surface area contributed by atoms with E-state index >= 15 is 0 Å². The van der Waals surface area contributed by atoms with Gasteiger partial charge in [0.2, 0.25) is 5.91 Å². The van der Waals surface area contributed by atoms with Crippen molar-refractivity contribution in [3.05, 3.63) is 20.7 Å². The number of nitrogens with two attached hydrogens (primary N) is 1. The summed E-state index contributed by atoms with van der Waals surface area (Å²) in [4.78, 5) is 24.5. The molecule has 1 heterocycles. The van der Waals surface area contributed by atoms with Crippen molar-refractivity contribution < 1.29 is 9.53 Å². The number of thiazole rings is 1. The maximum atomic E-state index is 11.3. The third kappa shape index (κ3) is 3.82. The number of hydrogen-bond donors (Lipinski definition) is 3. The smallest absolute Gasteiger partial charge is 0.304 e. The van der Waals surface area contributed by atoms with Crippen molar-refractivity contribution in [2.75, 3.05) is 13.7 Å². The number of carbonyl (C=O) groups excluding carboxylic acids is 1. The number of methoxy groups -OCH3 is 1. The van der Waals surface area contributed by atoms with E-state index in [1.807, 2.05) is 0 Å². The minimum absolute atomic E-state index is 0.138. The van der Waals surface area contributed by atoms with E-state index in [0.29, 0.717) is 5.69 Å². The molecule has 6 nitrogen and oxygen atoms in total. The summed E-state index contributed by atoms with van der Waals surface area (Å²) < 4.78 is 4.74. The van der Waals surface area contributed by atoms with E-state index in [-0.39, 0.29) is 23.9 Å². The Morgan fingerprint density at radius 1 is 1.80 bits per heavy atom. The van der Waals surface area contributed by atoms with Crippen molar-refractivity contribution in [3.63, 3.8) is 0 Å². The molecule has 7 heteroatoms. The lowest BCUT2D eigenvalue weighted by Crippen LogP contribution is -2.43. The monoisotopic (exact) mass is 231 g/mol. The Balaban J connectivity index is 2.37. The topological polar surface area (TPSA) is 97.2 Å². The molecule has 0 aliphatic carbocycles. The zero-order chi connectivity index (χ0) is 11.3. The number of carbonyl (C=O) groups is 1. The molecule has 1 rings (SSSR count). The van der Waals surface area contributed by atoms with E-state index in [1.165, 1.54) is 7.11 Å². The molecule has 1 atom stereocenters. The summed E-state index contributed by atoms with van der Waals surface area (Å²) in [5.74, 6) is -0.302. The molecule has 0 saturated carbocycles. The lowest BCUT2D eigenvalue weighted by atomic mass is 10.3. The first-order chi connectivity index (χ1) is 7.13. The normalized spacial score (nSPS) is 12.4. The molecule has 84 valence electrons. The zero-order valence-corrected chi connectivity index (χ0v) is 9.10. The number of aromatic amines is 1. The standard InChI is InChI=1S/C8H13N3O3S/c1-14-3-6(9)7(12)10-2-5-4-15-8(13)11-5/h4,6H,2-3,9H2,1H3,(H,10,12)(H,11,13). The van der Waals surface area contributed by atoms with E-state index < -0.39 is 6.04 Å². The fourth-order valence-electron chi connectivity index (χ4n) is 0.969. The lowest BCUT2D eigenvalue weighted by Gasteiger charge is -2.09. The Kier molecular flexibility index (Phi) is 4.47. The Hall–Kier alpha value is -1.18. The number of nitrogens with one attached hydrogen (secondary N) is 2. The summed E-state index contributed by atoms with van der Waals surface area (Å²) in [6.45, 7) is 0.445. The van der Waals surface area contributed by atoms with Gasteiger partial charge in [0.25, 0.3) is 0 Å². The summed E-state index contributed by atoms with van der Waals surface area (Å²) in [5.41, 5.74) is 6.16. The SMILES string of the molecule is COCC(N)C(=O)NCc1csc(=O)[nH]1. The summed E-state index contributed by atoms with van der Waals surface area (Å²) in [7, 11) is 1.48. The van der Waals surface area contributed by atoms with Gasteiger partial charge in [-0.05, 0) is 0 Å². The second kappa shape index (κ2) is 5.64. The largest absolute Gasteiger partial charge is 0.383 e.